The summed E-state index contributed by atoms with van der Waals surface area (Å²) in [5, 5.41) is 2.99. The summed E-state index contributed by atoms with van der Waals surface area (Å²) in [4.78, 5) is 39.9. The lowest BCUT2D eigenvalue weighted by Gasteiger charge is -2.30. The number of hydrogen-bond donors (Lipinski definition) is 1. The van der Waals surface area contributed by atoms with E-state index in [4.69, 9.17) is 13.8 Å². The summed E-state index contributed by atoms with van der Waals surface area (Å²) in [7, 11) is 1.12. The summed E-state index contributed by atoms with van der Waals surface area (Å²) in [6.45, 7) is 6.54. The molecule has 0 rings (SSSR count). The molecule has 1 amide bonds. The van der Waals surface area contributed by atoms with Crippen LogP contribution in [0.25, 0.3) is 0 Å². The Kier molecular flexibility index (Phi) is 50.3. The molecule has 1 N–H and O–H groups in total. The van der Waals surface area contributed by atoms with Crippen molar-refractivity contribution in [2.75, 3.05) is 40.9 Å². The number of esters is 1. The Morgan fingerprint density at radius 1 is 0.486 bits per heavy atom. The molecule has 0 bridgehead atoms. The Bertz CT molecular complexity index is 1680. The van der Waals surface area contributed by atoms with Crippen LogP contribution in [-0.2, 0) is 27.9 Å². The number of phosphoric acid groups is 1. The van der Waals surface area contributed by atoms with E-state index in [0.717, 1.165) is 116 Å². The molecule has 422 valence electrons. The molecule has 9 nitrogen and oxygen atoms in total. The predicted molar refractivity (Wildman–Crippen MR) is 316 cm³/mol. The van der Waals surface area contributed by atoms with Crippen LogP contribution in [0.3, 0.4) is 0 Å². The zero-order valence-corrected chi connectivity index (χ0v) is 48.9. The van der Waals surface area contributed by atoms with Gasteiger partial charge >= 0.3 is 5.97 Å². The van der Waals surface area contributed by atoms with E-state index in [2.05, 4.69) is 123 Å². The third-order valence-electron chi connectivity index (χ3n) is 12.2. The Morgan fingerprint density at radius 3 is 1.32 bits per heavy atom. The molecule has 3 unspecified atom stereocenters. The fourth-order valence-electron chi connectivity index (χ4n) is 7.68. The number of rotatable bonds is 51. The van der Waals surface area contributed by atoms with Crippen LogP contribution >= 0.6 is 7.82 Å². The first-order valence-electron chi connectivity index (χ1n) is 29.3. The van der Waals surface area contributed by atoms with Crippen LogP contribution in [-0.4, -0.2) is 69.4 Å². The highest BCUT2D eigenvalue weighted by molar-refractivity contribution is 7.45. The summed E-state index contributed by atoms with van der Waals surface area (Å²) in [6, 6.07) is -0.934. The molecule has 3 atom stereocenters. The highest BCUT2D eigenvalue weighted by Crippen LogP contribution is 2.38. The number of nitrogens with one attached hydrogen (secondary N) is 1. The van der Waals surface area contributed by atoms with Gasteiger partial charge in [-0.05, 0) is 102 Å². The third kappa shape index (κ3) is 53.2. The van der Waals surface area contributed by atoms with Crippen molar-refractivity contribution in [1.82, 2.24) is 5.32 Å². The molecule has 74 heavy (non-hydrogen) atoms. The van der Waals surface area contributed by atoms with Crippen molar-refractivity contribution in [3.05, 3.63) is 122 Å². The van der Waals surface area contributed by atoms with E-state index in [1.54, 1.807) is 6.08 Å². The number of quaternary nitrogens is 1. The minimum absolute atomic E-state index is 0.0428. The number of hydrogen-bond acceptors (Lipinski definition) is 7. The molecule has 0 aliphatic heterocycles. The molecule has 0 radical (unpaired) electrons. The van der Waals surface area contributed by atoms with Crippen LogP contribution in [0.4, 0.5) is 0 Å². The minimum Gasteiger partial charge on any atom is -0.756 e. The van der Waals surface area contributed by atoms with Crippen LogP contribution in [0.15, 0.2) is 122 Å². The van der Waals surface area contributed by atoms with E-state index in [-0.39, 0.29) is 25.4 Å². The fraction of sp³-hybridized carbons (Fsp3) is 0.656. The second kappa shape index (κ2) is 52.8. The number of amides is 1. The molecule has 0 saturated carbocycles. The van der Waals surface area contributed by atoms with Gasteiger partial charge in [0.2, 0.25) is 5.91 Å². The highest BCUT2D eigenvalue weighted by Gasteiger charge is 2.27. The molecule has 0 aliphatic rings. The highest BCUT2D eigenvalue weighted by atomic mass is 31.2. The SMILES string of the molecule is CC/C=C\C/C=C\C/C=C\C/C=C\C/C=C\C/C=C\CCC(=O)OC(/C=C/CCCCCCCCCCCCC)C(COP(=O)([O-])OCC[N+](C)(C)C)NC(=O)CCCCCCCC/C=C/C/C=C/C/C=C/CC. The van der Waals surface area contributed by atoms with Gasteiger partial charge in [0.15, 0.2) is 0 Å². The summed E-state index contributed by atoms with van der Waals surface area (Å²) in [5.41, 5.74) is 0. The average molecular weight is 1050 g/mol. The second-order valence-electron chi connectivity index (χ2n) is 20.4. The quantitative estimate of drug-likeness (QED) is 0.0212. The number of carbonyl (C=O) groups excluding carboxylic acids is 2. The lowest BCUT2D eigenvalue weighted by Crippen LogP contribution is -2.47. The number of ether oxygens (including phenoxy) is 1. The summed E-state index contributed by atoms with van der Waals surface area (Å²) in [6.07, 6.45) is 73.2. The normalized spacial score (nSPS) is 14.6. The van der Waals surface area contributed by atoms with Gasteiger partial charge in [0.1, 0.15) is 19.3 Å². The van der Waals surface area contributed by atoms with E-state index in [1.165, 1.54) is 57.8 Å². The molecule has 10 heteroatoms. The van der Waals surface area contributed by atoms with Crippen molar-refractivity contribution in [1.29, 1.82) is 0 Å². The van der Waals surface area contributed by atoms with E-state index in [1.807, 2.05) is 39.4 Å². The van der Waals surface area contributed by atoms with E-state index in [9.17, 15) is 19.0 Å². The summed E-state index contributed by atoms with van der Waals surface area (Å²) in [5.74, 6) is -0.663. The van der Waals surface area contributed by atoms with Gasteiger partial charge in [-0.15, -0.1) is 0 Å². The fourth-order valence-corrected chi connectivity index (χ4v) is 8.40. The maximum atomic E-state index is 13.5. The molecule has 0 aromatic rings. The molecule has 0 aromatic heterocycles. The van der Waals surface area contributed by atoms with E-state index >= 15 is 0 Å². The summed E-state index contributed by atoms with van der Waals surface area (Å²) >= 11 is 0. The van der Waals surface area contributed by atoms with Crippen molar-refractivity contribution >= 4 is 19.7 Å². The molecule has 0 saturated heterocycles. The van der Waals surface area contributed by atoms with Crippen LogP contribution in [0.5, 0.6) is 0 Å². The smallest absolute Gasteiger partial charge is 0.306 e. The molecular formula is C64H109N2O7P. The number of likely N-dealkylation sites (N-methyl/N-ethyl adjacent to an activating group) is 1. The Labute approximate surface area is 454 Å². The van der Waals surface area contributed by atoms with Gasteiger partial charge in [-0.1, -0.05) is 226 Å². The van der Waals surface area contributed by atoms with Crippen molar-refractivity contribution in [3.63, 3.8) is 0 Å². The van der Waals surface area contributed by atoms with E-state index in [0.29, 0.717) is 23.9 Å². The maximum absolute atomic E-state index is 13.5. The molecule has 0 fully saturated rings. The molecule has 0 heterocycles. The minimum atomic E-state index is -4.72. The molecule has 0 aromatic carbocycles. The zero-order valence-electron chi connectivity index (χ0n) is 48.0. The van der Waals surface area contributed by atoms with Gasteiger partial charge in [0, 0.05) is 12.8 Å². The van der Waals surface area contributed by atoms with Gasteiger partial charge in [-0.2, -0.15) is 0 Å². The lowest BCUT2D eigenvalue weighted by atomic mass is 10.0. The van der Waals surface area contributed by atoms with Gasteiger partial charge in [0.05, 0.1) is 33.8 Å². The lowest BCUT2D eigenvalue weighted by molar-refractivity contribution is -0.870. The number of allylic oxidation sites excluding steroid dienone is 19. The van der Waals surface area contributed by atoms with Crippen LogP contribution in [0, 0.1) is 0 Å². The second-order valence-corrected chi connectivity index (χ2v) is 21.8. The van der Waals surface area contributed by atoms with Crippen LogP contribution in [0.2, 0.25) is 0 Å². The molecule has 0 aliphatic carbocycles. The number of carbonyl (C=O) groups is 2. The largest absolute Gasteiger partial charge is 0.756 e. The number of phosphoric ester groups is 1. The van der Waals surface area contributed by atoms with Crippen molar-refractivity contribution in [3.8, 4) is 0 Å². The van der Waals surface area contributed by atoms with Crippen LogP contribution in [0.1, 0.15) is 220 Å². The number of nitrogens with zero attached hydrogens (tertiary/aromatic N) is 1. The molecule has 0 spiro atoms. The predicted octanol–water partition coefficient (Wildman–Crippen LogP) is 17.3. The Hall–Kier alpha value is -3.59. The monoisotopic (exact) mass is 1050 g/mol. The Morgan fingerprint density at radius 2 is 0.878 bits per heavy atom. The average Bonchev–Trinajstić information content (AvgIpc) is 3.36. The first-order chi connectivity index (χ1) is 35.9. The topological polar surface area (TPSA) is 114 Å². The third-order valence-corrected chi connectivity index (χ3v) is 13.1. The standard InChI is InChI=1S/C64H109N2O7P/c1-7-10-13-16-19-22-25-28-30-32-33-34-36-39-42-45-48-51-54-57-64(68)73-62(55-52-49-46-43-40-37-27-24-21-18-15-12-9-3)61(60-72-74(69,70)71-59-58-66(4,5)6)65-63(67)56-53-50-47-44-41-38-35-31-29-26-23-20-17-14-11-8-2/h10-11,13-14,19-20,22-23,28-31,33-34,39,42,48,51-52,55,61-62H,7-9,12,15-18,21,24-27,32,35-38,40-41,43-47,49-50,53-54,56-60H2,1-6H3,(H-,65,67,69,70)/b13-10-,14-11+,22-19-,23-20+,30-28-,31-29+,34-33-,42-39-,51-48-,55-52+. The molecular weight excluding hydrogens is 940 g/mol. The first-order valence-corrected chi connectivity index (χ1v) is 30.8. The van der Waals surface area contributed by atoms with Crippen LogP contribution < -0.4 is 10.2 Å². The zero-order chi connectivity index (χ0) is 54.3. The van der Waals surface area contributed by atoms with Gasteiger partial charge in [-0.25, -0.2) is 0 Å². The van der Waals surface area contributed by atoms with Gasteiger partial charge < -0.3 is 28.5 Å². The van der Waals surface area contributed by atoms with Gasteiger partial charge in [-0.3, -0.25) is 14.2 Å². The van der Waals surface area contributed by atoms with Gasteiger partial charge in [0.25, 0.3) is 7.82 Å². The number of unbranched alkanes of at least 4 members (excludes halogenated alkanes) is 17. The van der Waals surface area contributed by atoms with Crippen molar-refractivity contribution in [2.24, 2.45) is 0 Å². The summed E-state index contributed by atoms with van der Waals surface area (Å²) < 4.78 is 30.2. The van der Waals surface area contributed by atoms with E-state index < -0.39 is 32.5 Å². The van der Waals surface area contributed by atoms with Crippen molar-refractivity contribution in [2.45, 2.75) is 232 Å². The maximum Gasteiger partial charge on any atom is 0.306 e. The Balaban J connectivity index is 5.50. The van der Waals surface area contributed by atoms with Crippen molar-refractivity contribution < 1.29 is 37.3 Å². The first kappa shape index (κ1) is 70.4.